The lowest BCUT2D eigenvalue weighted by Crippen LogP contribution is -2.48. The molecule has 1 heterocycles. The van der Waals surface area contributed by atoms with Crippen LogP contribution in [0.5, 0.6) is 0 Å². The van der Waals surface area contributed by atoms with Crippen LogP contribution in [-0.2, 0) is 27.9 Å². The van der Waals surface area contributed by atoms with Crippen LogP contribution >= 0.6 is 0 Å². The van der Waals surface area contributed by atoms with Crippen LogP contribution in [0.1, 0.15) is 36.5 Å². The van der Waals surface area contributed by atoms with E-state index >= 15 is 0 Å². The number of aryl methyl sites for hydroxylation is 1. The summed E-state index contributed by atoms with van der Waals surface area (Å²) < 4.78 is 26.2. The van der Waals surface area contributed by atoms with Crippen molar-refractivity contribution in [3.05, 3.63) is 69.3 Å². The third-order valence-electron chi connectivity index (χ3n) is 5.89. The Morgan fingerprint density at radius 1 is 1.18 bits per heavy atom. The lowest BCUT2D eigenvalue weighted by molar-refractivity contribution is -0.384. The van der Waals surface area contributed by atoms with Crippen LogP contribution < -0.4 is 9.62 Å². The molecule has 1 aliphatic heterocycles. The normalized spacial score (nSPS) is 15.2. The quantitative estimate of drug-likeness (QED) is 0.442. The van der Waals surface area contributed by atoms with Crippen molar-refractivity contribution in [1.82, 2.24) is 10.2 Å². The second-order valence-corrected chi connectivity index (χ2v) is 10.3. The maximum absolute atomic E-state index is 13.0. The van der Waals surface area contributed by atoms with Gasteiger partial charge in [-0.15, -0.1) is 0 Å². The standard InChI is InChI=1S/C23H30N4O5S/c1-17-10-11-21(27(29)30)14-22(17)26(33(3,31)32)18(2)23(28)24-15-19-8-4-5-9-20(19)16-25-12-6-7-13-25/h4-5,8-11,14,18H,6-7,12-13,15-16H2,1-3H3,(H,24,28). The zero-order valence-corrected chi connectivity index (χ0v) is 20.0. The number of rotatable bonds is 9. The van der Waals surface area contributed by atoms with Gasteiger partial charge in [0.2, 0.25) is 15.9 Å². The van der Waals surface area contributed by atoms with Crippen molar-refractivity contribution in [3.8, 4) is 0 Å². The summed E-state index contributed by atoms with van der Waals surface area (Å²) in [5, 5.41) is 14.1. The second-order valence-electron chi connectivity index (χ2n) is 8.43. The molecule has 1 fully saturated rings. The van der Waals surface area contributed by atoms with E-state index in [9.17, 15) is 23.3 Å². The van der Waals surface area contributed by atoms with Crippen molar-refractivity contribution in [2.45, 2.75) is 45.8 Å². The zero-order chi connectivity index (χ0) is 24.2. The maximum Gasteiger partial charge on any atom is 0.271 e. The number of benzene rings is 2. The number of nitro groups is 1. The number of carbonyl (C=O) groups excluding carboxylic acids is 1. The maximum atomic E-state index is 13.0. The van der Waals surface area contributed by atoms with E-state index in [0.29, 0.717) is 5.56 Å². The number of amides is 1. The van der Waals surface area contributed by atoms with E-state index < -0.39 is 26.9 Å². The molecular formula is C23H30N4O5S. The highest BCUT2D eigenvalue weighted by Crippen LogP contribution is 2.29. The summed E-state index contributed by atoms with van der Waals surface area (Å²) in [5.74, 6) is -0.484. The summed E-state index contributed by atoms with van der Waals surface area (Å²) in [4.78, 5) is 26.0. The van der Waals surface area contributed by atoms with E-state index in [0.717, 1.165) is 41.3 Å². The first-order valence-corrected chi connectivity index (χ1v) is 12.7. The molecule has 2 aromatic rings. The molecule has 0 aliphatic carbocycles. The fourth-order valence-corrected chi connectivity index (χ4v) is 5.35. The van der Waals surface area contributed by atoms with Gasteiger partial charge in [0.15, 0.2) is 0 Å². The van der Waals surface area contributed by atoms with Crippen LogP contribution in [0.2, 0.25) is 0 Å². The largest absolute Gasteiger partial charge is 0.350 e. The van der Waals surface area contributed by atoms with Crippen molar-refractivity contribution in [3.63, 3.8) is 0 Å². The second kappa shape index (κ2) is 10.3. The van der Waals surface area contributed by atoms with Crippen LogP contribution in [0.3, 0.4) is 0 Å². The minimum absolute atomic E-state index is 0.115. The smallest absolute Gasteiger partial charge is 0.271 e. The van der Waals surface area contributed by atoms with Crippen LogP contribution in [-0.4, -0.2) is 49.5 Å². The monoisotopic (exact) mass is 474 g/mol. The molecule has 1 saturated heterocycles. The van der Waals surface area contributed by atoms with Crippen molar-refractivity contribution >= 4 is 27.3 Å². The van der Waals surface area contributed by atoms with E-state index in [4.69, 9.17) is 0 Å². The molecule has 0 spiro atoms. The van der Waals surface area contributed by atoms with Crippen LogP contribution in [0.4, 0.5) is 11.4 Å². The van der Waals surface area contributed by atoms with Gasteiger partial charge in [-0.25, -0.2) is 8.42 Å². The molecule has 0 saturated carbocycles. The predicted molar refractivity (Wildman–Crippen MR) is 127 cm³/mol. The number of nitrogens with one attached hydrogen (secondary N) is 1. The van der Waals surface area contributed by atoms with E-state index in [-0.39, 0.29) is 17.9 Å². The predicted octanol–water partition coefficient (Wildman–Crippen LogP) is 2.97. The Morgan fingerprint density at radius 3 is 2.42 bits per heavy atom. The summed E-state index contributed by atoms with van der Waals surface area (Å²) in [7, 11) is -3.89. The Balaban J connectivity index is 1.79. The number of hydrogen-bond acceptors (Lipinski definition) is 6. The Morgan fingerprint density at radius 2 is 1.82 bits per heavy atom. The molecule has 33 heavy (non-hydrogen) atoms. The lowest BCUT2D eigenvalue weighted by Gasteiger charge is -2.29. The van der Waals surface area contributed by atoms with Gasteiger partial charge >= 0.3 is 0 Å². The number of likely N-dealkylation sites (tertiary alicyclic amines) is 1. The first-order chi connectivity index (χ1) is 15.6. The van der Waals surface area contributed by atoms with Gasteiger partial charge in [-0.1, -0.05) is 30.3 Å². The fourth-order valence-electron chi connectivity index (χ4n) is 4.13. The number of anilines is 1. The molecule has 0 aromatic heterocycles. The Hall–Kier alpha value is -2.98. The highest BCUT2D eigenvalue weighted by molar-refractivity contribution is 7.92. The summed E-state index contributed by atoms with van der Waals surface area (Å²) in [5.41, 5.74) is 2.49. The minimum atomic E-state index is -3.89. The van der Waals surface area contributed by atoms with Gasteiger partial charge in [-0.05, 0) is 56.5 Å². The molecule has 178 valence electrons. The van der Waals surface area contributed by atoms with Crippen molar-refractivity contribution in [2.24, 2.45) is 0 Å². The zero-order valence-electron chi connectivity index (χ0n) is 19.2. The third kappa shape index (κ3) is 6.08. The highest BCUT2D eigenvalue weighted by Gasteiger charge is 2.31. The molecule has 2 aromatic carbocycles. The van der Waals surface area contributed by atoms with Crippen LogP contribution in [0.25, 0.3) is 0 Å². The Bertz CT molecular complexity index is 1130. The first-order valence-electron chi connectivity index (χ1n) is 10.9. The number of nitro benzene ring substituents is 1. The van der Waals surface area contributed by atoms with Crippen molar-refractivity contribution in [2.75, 3.05) is 23.7 Å². The fraction of sp³-hybridized carbons (Fsp3) is 0.435. The SMILES string of the molecule is Cc1ccc([N+](=O)[O-])cc1N(C(C)C(=O)NCc1ccccc1CN1CCCC1)S(C)(=O)=O. The Labute approximate surface area is 194 Å². The van der Waals surface area contributed by atoms with E-state index in [1.54, 1.807) is 6.92 Å². The third-order valence-corrected chi connectivity index (χ3v) is 7.12. The molecule has 0 radical (unpaired) electrons. The molecule has 1 aliphatic rings. The molecule has 3 rings (SSSR count). The van der Waals surface area contributed by atoms with Gasteiger partial charge in [0, 0.05) is 25.2 Å². The topological polar surface area (TPSA) is 113 Å². The average Bonchev–Trinajstić information content (AvgIpc) is 3.26. The summed E-state index contributed by atoms with van der Waals surface area (Å²) in [6.45, 7) is 6.32. The van der Waals surface area contributed by atoms with Gasteiger partial charge in [-0.2, -0.15) is 0 Å². The van der Waals surface area contributed by atoms with Gasteiger partial charge < -0.3 is 5.32 Å². The highest BCUT2D eigenvalue weighted by atomic mass is 32.2. The van der Waals surface area contributed by atoms with Gasteiger partial charge in [0.1, 0.15) is 6.04 Å². The molecular weight excluding hydrogens is 444 g/mol. The number of nitrogens with zero attached hydrogens (tertiary/aromatic N) is 3. The number of non-ortho nitro benzene ring substituents is 1. The van der Waals surface area contributed by atoms with Crippen LogP contribution in [0, 0.1) is 17.0 Å². The average molecular weight is 475 g/mol. The lowest BCUT2D eigenvalue weighted by atomic mass is 10.1. The molecule has 1 atom stereocenters. The Kier molecular flexibility index (Phi) is 7.70. The van der Waals surface area contributed by atoms with E-state index in [2.05, 4.69) is 10.2 Å². The summed E-state index contributed by atoms with van der Waals surface area (Å²) in [6.07, 6.45) is 3.37. The van der Waals surface area contributed by atoms with E-state index in [1.807, 2.05) is 24.3 Å². The number of hydrogen-bond donors (Lipinski definition) is 1. The van der Waals surface area contributed by atoms with Gasteiger partial charge in [0.05, 0.1) is 16.9 Å². The van der Waals surface area contributed by atoms with Gasteiger partial charge in [0.25, 0.3) is 5.69 Å². The molecule has 9 nitrogen and oxygen atoms in total. The summed E-state index contributed by atoms with van der Waals surface area (Å²) in [6, 6.07) is 10.8. The molecule has 0 bridgehead atoms. The van der Waals surface area contributed by atoms with Gasteiger partial charge in [-0.3, -0.25) is 24.1 Å². The molecule has 1 amide bonds. The minimum Gasteiger partial charge on any atom is -0.350 e. The first kappa shape index (κ1) is 24.7. The van der Waals surface area contributed by atoms with Crippen molar-refractivity contribution < 1.29 is 18.1 Å². The molecule has 1 unspecified atom stereocenters. The number of carbonyl (C=O) groups is 1. The van der Waals surface area contributed by atoms with Crippen molar-refractivity contribution in [1.29, 1.82) is 0 Å². The van der Waals surface area contributed by atoms with Crippen LogP contribution in [0.15, 0.2) is 42.5 Å². The summed E-state index contributed by atoms with van der Waals surface area (Å²) >= 11 is 0. The number of sulfonamides is 1. The molecule has 1 N–H and O–H groups in total. The molecule has 10 heteroatoms. The van der Waals surface area contributed by atoms with E-state index in [1.165, 1.54) is 38.0 Å².